The van der Waals surface area contributed by atoms with Crippen LogP contribution in [0.5, 0.6) is 0 Å². The zero-order valence-electron chi connectivity index (χ0n) is 13.4. The van der Waals surface area contributed by atoms with Gasteiger partial charge < -0.3 is 15.7 Å². The van der Waals surface area contributed by atoms with Crippen LogP contribution in [0.25, 0.3) is 0 Å². The molecule has 0 saturated heterocycles. The number of primary sulfonamides is 1. The largest absolute Gasteiger partial charge is 0.394 e. The highest BCUT2D eigenvalue weighted by Crippen LogP contribution is 2.30. The predicted octanol–water partition coefficient (Wildman–Crippen LogP) is 2.38. The van der Waals surface area contributed by atoms with E-state index in [0.29, 0.717) is 21.5 Å². The monoisotopic (exact) mass is 449 g/mol. The van der Waals surface area contributed by atoms with Gasteiger partial charge in [0.25, 0.3) is 0 Å². The Labute approximate surface area is 159 Å². The molecule has 0 amide bonds. The summed E-state index contributed by atoms with van der Waals surface area (Å²) in [7, 11) is -3.91. The van der Waals surface area contributed by atoms with Crippen molar-refractivity contribution in [2.45, 2.75) is 24.8 Å². The molecule has 1 aromatic carbocycles. The average Bonchev–Trinajstić information content (AvgIpc) is 2.48. The molecule has 0 saturated carbocycles. The van der Waals surface area contributed by atoms with Crippen molar-refractivity contribution >= 4 is 55.0 Å². The highest BCUT2D eigenvalue weighted by atomic mass is 79.9. The molecule has 0 aliphatic heterocycles. The van der Waals surface area contributed by atoms with E-state index in [2.05, 4.69) is 36.5 Å². The predicted molar refractivity (Wildman–Crippen MR) is 101 cm³/mol. The van der Waals surface area contributed by atoms with Gasteiger partial charge in [0.05, 0.1) is 16.1 Å². The summed E-state index contributed by atoms with van der Waals surface area (Å²) in [5, 5.41) is 20.3. The minimum absolute atomic E-state index is 0.00867. The molecular weight excluding hydrogens is 434 g/mol. The maximum absolute atomic E-state index is 11.6. The van der Waals surface area contributed by atoms with Gasteiger partial charge >= 0.3 is 0 Å². The van der Waals surface area contributed by atoms with Crippen molar-refractivity contribution in [2.75, 3.05) is 17.2 Å². The number of hydrogen-bond donors (Lipinski definition) is 4. The molecule has 136 valence electrons. The summed E-state index contributed by atoms with van der Waals surface area (Å²) >= 11 is 9.37. The van der Waals surface area contributed by atoms with E-state index < -0.39 is 10.0 Å². The fraction of sp³-hybridized carbons (Fsp3) is 0.286. The normalized spacial score (nSPS) is 12.7. The minimum atomic E-state index is -3.91. The number of nitrogens with one attached hydrogen (secondary N) is 2. The van der Waals surface area contributed by atoms with Crippen LogP contribution in [-0.4, -0.2) is 36.1 Å². The van der Waals surface area contributed by atoms with E-state index in [1.165, 1.54) is 6.07 Å². The number of hydrogen-bond acceptors (Lipinski definition) is 7. The SMILES string of the molecule is Cc1cc(Nc2ncc(Br)c(N[C@H](C)CO)n2)cc(Cl)c1S(N)(=O)=O. The lowest BCUT2D eigenvalue weighted by molar-refractivity contribution is 0.281. The van der Waals surface area contributed by atoms with Crippen LogP contribution >= 0.6 is 27.5 Å². The van der Waals surface area contributed by atoms with Crippen molar-refractivity contribution in [2.24, 2.45) is 5.14 Å². The van der Waals surface area contributed by atoms with E-state index in [1.54, 1.807) is 26.1 Å². The Kier molecular flexibility index (Phi) is 6.22. The van der Waals surface area contributed by atoms with Crippen molar-refractivity contribution < 1.29 is 13.5 Å². The summed E-state index contributed by atoms with van der Waals surface area (Å²) in [6.07, 6.45) is 1.55. The quantitative estimate of drug-likeness (QED) is 0.531. The molecule has 5 N–H and O–H groups in total. The maximum atomic E-state index is 11.6. The molecule has 0 spiro atoms. The second-order valence-corrected chi connectivity index (χ2v) is 8.15. The molecule has 2 rings (SSSR count). The second-order valence-electron chi connectivity index (χ2n) is 5.39. The van der Waals surface area contributed by atoms with Crippen LogP contribution in [-0.2, 0) is 10.0 Å². The van der Waals surface area contributed by atoms with Gasteiger partial charge in [0, 0.05) is 17.9 Å². The first-order chi connectivity index (χ1) is 11.6. The van der Waals surface area contributed by atoms with E-state index >= 15 is 0 Å². The lowest BCUT2D eigenvalue weighted by Gasteiger charge is -2.14. The van der Waals surface area contributed by atoms with Crippen LogP contribution in [0.1, 0.15) is 12.5 Å². The summed E-state index contributed by atoms with van der Waals surface area (Å²) in [5.41, 5.74) is 0.917. The molecule has 11 heteroatoms. The van der Waals surface area contributed by atoms with Crippen molar-refractivity contribution in [3.05, 3.63) is 33.4 Å². The number of aromatic nitrogens is 2. The number of benzene rings is 1. The summed E-state index contributed by atoms with van der Waals surface area (Å²) in [6, 6.07) is 2.83. The molecule has 1 aromatic heterocycles. The summed E-state index contributed by atoms with van der Waals surface area (Å²) in [4.78, 5) is 8.33. The number of halogens is 2. The van der Waals surface area contributed by atoms with Crippen molar-refractivity contribution in [3.8, 4) is 0 Å². The number of rotatable bonds is 6. The molecule has 8 nitrogen and oxygen atoms in total. The third-order valence-corrected chi connectivity index (χ3v) is 5.27. The first-order valence-electron chi connectivity index (χ1n) is 7.11. The molecule has 1 atom stereocenters. The number of nitrogens with two attached hydrogens (primary N) is 1. The number of aryl methyl sites for hydroxylation is 1. The van der Waals surface area contributed by atoms with Crippen molar-refractivity contribution in [1.29, 1.82) is 0 Å². The van der Waals surface area contributed by atoms with E-state index in [0.717, 1.165) is 0 Å². The van der Waals surface area contributed by atoms with Crippen molar-refractivity contribution in [3.63, 3.8) is 0 Å². The first-order valence-corrected chi connectivity index (χ1v) is 9.83. The maximum Gasteiger partial charge on any atom is 0.239 e. The van der Waals surface area contributed by atoms with Crippen LogP contribution in [0.3, 0.4) is 0 Å². The molecule has 0 radical (unpaired) electrons. The van der Waals surface area contributed by atoms with Gasteiger partial charge in [0.15, 0.2) is 0 Å². The number of aliphatic hydroxyl groups is 1. The van der Waals surface area contributed by atoms with Crippen molar-refractivity contribution in [1.82, 2.24) is 9.97 Å². The van der Waals surface area contributed by atoms with Gasteiger partial charge in [-0.25, -0.2) is 18.5 Å². The molecule has 1 heterocycles. The topological polar surface area (TPSA) is 130 Å². The molecule has 0 aliphatic carbocycles. The number of anilines is 3. The van der Waals surface area contributed by atoms with E-state index in [1.807, 2.05) is 0 Å². The van der Waals surface area contributed by atoms with Crippen LogP contribution < -0.4 is 15.8 Å². The fourth-order valence-electron chi connectivity index (χ4n) is 2.10. The highest BCUT2D eigenvalue weighted by Gasteiger charge is 2.17. The Morgan fingerprint density at radius 3 is 2.68 bits per heavy atom. The van der Waals surface area contributed by atoms with E-state index in [9.17, 15) is 8.42 Å². The van der Waals surface area contributed by atoms with Gasteiger partial charge in [-0.2, -0.15) is 4.98 Å². The number of sulfonamides is 1. The number of aliphatic hydroxyl groups excluding tert-OH is 1. The Morgan fingerprint density at radius 1 is 1.44 bits per heavy atom. The third kappa shape index (κ3) is 5.02. The Morgan fingerprint density at radius 2 is 2.12 bits per heavy atom. The Hall–Kier alpha value is -1.46. The fourth-order valence-corrected chi connectivity index (χ4v) is 3.83. The van der Waals surface area contributed by atoms with Gasteiger partial charge in [-0.05, 0) is 47.5 Å². The molecule has 0 bridgehead atoms. The zero-order chi connectivity index (χ0) is 18.8. The summed E-state index contributed by atoms with van der Waals surface area (Å²) < 4.78 is 23.8. The van der Waals surface area contributed by atoms with E-state index in [4.69, 9.17) is 21.8 Å². The molecule has 0 unspecified atom stereocenters. The van der Waals surface area contributed by atoms with Gasteiger partial charge in [0.2, 0.25) is 16.0 Å². The second kappa shape index (κ2) is 7.83. The highest BCUT2D eigenvalue weighted by molar-refractivity contribution is 9.10. The zero-order valence-corrected chi connectivity index (χ0v) is 16.6. The van der Waals surface area contributed by atoms with Crippen LogP contribution in [0, 0.1) is 6.92 Å². The summed E-state index contributed by atoms with van der Waals surface area (Å²) in [5.74, 6) is 0.776. The molecule has 2 aromatic rings. The lowest BCUT2D eigenvalue weighted by Crippen LogP contribution is -2.20. The molecular formula is C14H17BrClN5O3S. The van der Waals surface area contributed by atoms with Crippen LogP contribution in [0.4, 0.5) is 17.5 Å². The van der Waals surface area contributed by atoms with E-state index in [-0.39, 0.29) is 28.5 Å². The van der Waals surface area contributed by atoms with Crippen LogP contribution in [0.15, 0.2) is 27.7 Å². The van der Waals surface area contributed by atoms with Gasteiger partial charge in [-0.3, -0.25) is 0 Å². The first kappa shape index (κ1) is 19.9. The Balaban J connectivity index is 2.33. The summed E-state index contributed by atoms with van der Waals surface area (Å²) in [6.45, 7) is 3.34. The minimum Gasteiger partial charge on any atom is -0.394 e. The molecule has 0 aliphatic rings. The standard InChI is InChI=1S/C14H17BrClN5O3S/c1-7-3-9(4-11(16)12(7)25(17,23)24)20-14-18-5-10(15)13(21-14)19-8(2)6-22/h3-5,8,22H,6H2,1-2H3,(H2,17,23,24)(H2,18,19,20,21)/t8-/m1/s1. The molecule has 25 heavy (non-hydrogen) atoms. The third-order valence-electron chi connectivity index (χ3n) is 3.17. The smallest absolute Gasteiger partial charge is 0.239 e. The molecule has 0 fully saturated rings. The Bertz CT molecular complexity index is 871. The lowest BCUT2D eigenvalue weighted by atomic mass is 10.2. The van der Waals surface area contributed by atoms with Gasteiger partial charge in [-0.15, -0.1) is 0 Å². The van der Waals surface area contributed by atoms with Gasteiger partial charge in [0.1, 0.15) is 10.7 Å². The van der Waals surface area contributed by atoms with Crippen LogP contribution in [0.2, 0.25) is 5.02 Å². The average molecular weight is 451 g/mol. The van der Waals surface area contributed by atoms with Gasteiger partial charge in [-0.1, -0.05) is 11.6 Å². The number of nitrogens with zero attached hydrogens (tertiary/aromatic N) is 2.